The first-order chi connectivity index (χ1) is 3.41. The Morgan fingerprint density at radius 1 is 1.43 bits per heavy atom. The van der Waals surface area contributed by atoms with E-state index < -0.39 is 0 Å². The fourth-order valence-corrected chi connectivity index (χ4v) is 2.33. The molecule has 0 aliphatic heterocycles. The van der Waals surface area contributed by atoms with Gasteiger partial charge >= 0.3 is 57.0 Å². The van der Waals surface area contributed by atoms with Crippen LogP contribution in [0, 0.1) is 0 Å². The summed E-state index contributed by atoms with van der Waals surface area (Å²) in [5.74, 6) is 0.875. The van der Waals surface area contributed by atoms with Crippen molar-refractivity contribution < 1.29 is 0 Å². The molecule has 0 aliphatic rings. The molecule has 0 bridgehead atoms. The summed E-state index contributed by atoms with van der Waals surface area (Å²) in [6.45, 7) is 2.23. The van der Waals surface area contributed by atoms with Crippen LogP contribution in [-0.2, 0) is 0 Å². The van der Waals surface area contributed by atoms with Gasteiger partial charge in [0.25, 0.3) is 0 Å². The molecule has 0 unspecified atom stereocenters. The van der Waals surface area contributed by atoms with Gasteiger partial charge in [0.1, 0.15) is 0 Å². The standard InChI is InChI=1S/C5H11AsCl/c1-2-3-6-4-5-7/h2-5H2,1H3. The van der Waals surface area contributed by atoms with Crippen molar-refractivity contribution in [1.82, 2.24) is 0 Å². The third kappa shape index (κ3) is 6.85. The predicted octanol–water partition coefficient (Wildman–Crippen LogP) is 2.18. The third-order valence-electron chi connectivity index (χ3n) is 0.624. The molecule has 0 aromatic rings. The van der Waals surface area contributed by atoms with Gasteiger partial charge in [-0.05, 0) is 0 Å². The normalized spacial score (nSPS) is 11.1. The van der Waals surface area contributed by atoms with Crippen LogP contribution in [0.3, 0.4) is 0 Å². The quantitative estimate of drug-likeness (QED) is 0.354. The Kier molecular flexibility index (Phi) is 7.68. The zero-order valence-electron chi connectivity index (χ0n) is 4.65. The minimum atomic E-state index is 0.613. The van der Waals surface area contributed by atoms with E-state index in [1.165, 1.54) is 16.8 Å². The molecule has 2 heteroatoms. The first-order valence-corrected chi connectivity index (χ1v) is 5.80. The molecule has 0 aliphatic carbocycles. The van der Waals surface area contributed by atoms with Gasteiger partial charge in [-0.1, -0.05) is 0 Å². The molecule has 0 saturated carbocycles. The Hall–Kier alpha value is 0.848. The molecule has 0 saturated heterocycles. The summed E-state index contributed by atoms with van der Waals surface area (Å²) >= 11 is 6.07. The first kappa shape index (κ1) is 7.85. The molecule has 0 aromatic carbocycles. The van der Waals surface area contributed by atoms with Gasteiger partial charge in [0, 0.05) is 0 Å². The number of alkyl halides is 1. The number of hydrogen-bond donors (Lipinski definition) is 0. The van der Waals surface area contributed by atoms with Gasteiger partial charge in [0.15, 0.2) is 0 Å². The molecule has 0 nitrogen and oxygen atoms in total. The fourth-order valence-electron chi connectivity index (χ4n) is 0.330. The Labute approximate surface area is 57.3 Å². The van der Waals surface area contributed by atoms with Gasteiger partial charge in [0.2, 0.25) is 0 Å². The van der Waals surface area contributed by atoms with Crippen LogP contribution in [0.2, 0.25) is 10.4 Å². The van der Waals surface area contributed by atoms with Gasteiger partial charge in [-0.15, -0.1) is 0 Å². The monoisotopic (exact) mass is 181 g/mol. The summed E-state index contributed by atoms with van der Waals surface area (Å²) in [5, 5.41) is 2.72. The molecule has 0 aromatic heterocycles. The number of halogens is 1. The molecule has 0 heterocycles. The second-order valence-corrected chi connectivity index (χ2v) is 4.55. The Morgan fingerprint density at radius 2 is 2.14 bits per heavy atom. The van der Waals surface area contributed by atoms with Gasteiger partial charge < -0.3 is 0 Å². The summed E-state index contributed by atoms with van der Waals surface area (Å²) in [6, 6.07) is 0. The molecular weight excluding hydrogens is 170 g/mol. The summed E-state index contributed by atoms with van der Waals surface area (Å²) in [5.41, 5.74) is 0. The van der Waals surface area contributed by atoms with Crippen molar-refractivity contribution >= 4 is 27.4 Å². The first-order valence-electron chi connectivity index (χ1n) is 2.61. The maximum absolute atomic E-state index is 5.46. The van der Waals surface area contributed by atoms with Crippen molar-refractivity contribution in [2.75, 3.05) is 5.88 Å². The molecule has 0 N–H and O–H groups in total. The summed E-state index contributed by atoms with van der Waals surface area (Å²) in [4.78, 5) is 0. The zero-order valence-corrected chi connectivity index (χ0v) is 7.29. The summed E-state index contributed by atoms with van der Waals surface area (Å²) < 4.78 is 0. The van der Waals surface area contributed by atoms with E-state index in [9.17, 15) is 0 Å². The third-order valence-corrected chi connectivity index (χ3v) is 4.12. The topological polar surface area (TPSA) is 0 Å². The van der Waals surface area contributed by atoms with Gasteiger partial charge in [-0.2, -0.15) is 0 Å². The Morgan fingerprint density at radius 3 is 2.57 bits per heavy atom. The summed E-state index contributed by atoms with van der Waals surface area (Å²) in [7, 11) is 0. The Balaban J connectivity index is 2.45. The van der Waals surface area contributed by atoms with E-state index in [4.69, 9.17) is 11.6 Å². The van der Waals surface area contributed by atoms with Crippen molar-refractivity contribution in [2.24, 2.45) is 0 Å². The van der Waals surface area contributed by atoms with E-state index in [2.05, 4.69) is 6.92 Å². The average Bonchev–Trinajstić information content (AvgIpc) is 1.69. The van der Waals surface area contributed by atoms with Crippen LogP contribution in [0.4, 0.5) is 0 Å². The van der Waals surface area contributed by atoms with Crippen LogP contribution in [-0.4, -0.2) is 21.6 Å². The van der Waals surface area contributed by atoms with Crippen molar-refractivity contribution in [3.05, 3.63) is 0 Å². The van der Waals surface area contributed by atoms with Crippen LogP contribution >= 0.6 is 11.6 Å². The molecule has 43 valence electrons. The molecule has 0 amide bonds. The SMILES string of the molecule is CCC[As]CCCl. The Bertz CT molecular complexity index is 27.3. The molecule has 0 rings (SSSR count). The zero-order chi connectivity index (χ0) is 5.54. The van der Waals surface area contributed by atoms with E-state index in [1.807, 2.05) is 0 Å². The van der Waals surface area contributed by atoms with Crippen LogP contribution in [0.25, 0.3) is 0 Å². The number of hydrogen-bond acceptors (Lipinski definition) is 0. The van der Waals surface area contributed by atoms with E-state index in [1.54, 1.807) is 0 Å². The van der Waals surface area contributed by atoms with Crippen LogP contribution in [0.1, 0.15) is 13.3 Å². The molecule has 1 radical (unpaired) electrons. The van der Waals surface area contributed by atoms with E-state index in [0.29, 0.717) is 15.8 Å². The fraction of sp³-hybridized carbons (Fsp3) is 1.00. The predicted molar refractivity (Wildman–Crippen MR) is 36.4 cm³/mol. The van der Waals surface area contributed by atoms with Crippen LogP contribution in [0.15, 0.2) is 0 Å². The van der Waals surface area contributed by atoms with Gasteiger partial charge in [-0.3, -0.25) is 0 Å². The van der Waals surface area contributed by atoms with Crippen LogP contribution in [0.5, 0.6) is 0 Å². The molecule has 7 heavy (non-hydrogen) atoms. The minimum absolute atomic E-state index is 0.613. The molecule has 0 spiro atoms. The number of rotatable bonds is 4. The van der Waals surface area contributed by atoms with E-state index in [-0.39, 0.29) is 0 Å². The molecule has 0 atom stereocenters. The second kappa shape index (κ2) is 6.85. The van der Waals surface area contributed by atoms with Crippen LogP contribution < -0.4 is 0 Å². The van der Waals surface area contributed by atoms with Gasteiger partial charge in [-0.25, -0.2) is 0 Å². The van der Waals surface area contributed by atoms with Crippen molar-refractivity contribution in [1.29, 1.82) is 0 Å². The van der Waals surface area contributed by atoms with Gasteiger partial charge in [0.05, 0.1) is 0 Å². The summed E-state index contributed by atoms with van der Waals surface area (Å²) in [6.07, 6.45) is 1.34. The molecule has 0 fully saturated rings. The van der Waals surface area contributed by atoms with E-state index in [0.717, 1.165) is 5.88 Å². The molecular formula is C5H11AsCl. The average molecular weight is 182 g/mol. The second-order valence-electron chi connectivity index (χ2n) is 1.36. The van der Waals surface area contributed by atoms with Crippen molar-refractivity contribution in [2.45, 2.75) is 23.8 Å². The van der Waals surface area contributed by atoms with Crippen molar-refractivity contribution in [3.63, 3.8) is 0 Å². The maximum atomic E-state index is 5.46. The van der Waals surface area contributed by atoms with Crippen molar-refractivity contribution in [3.8, 4) is 0 Å². The van der Waals surface area contributed by atoms with E-state index >= 15 is 0 Å².